The first kappa shape index (κ1) is 28.4. The van der Waals surface area contributed by atoms with Gasteiger partial charge in [-0.3, -0.25) is 10.6 Å². The predicted octanol–water partition coefficient (Wildman–Crippen LogP) is 8.89. The highest BCUT2D eigenvalue weighted by Crippen LogP contribution is 2.45. The van der Waals surface area contributed by atoms with Crippen molar-refractivity contribution in [2.75, 3.05) is 10.6 Å². The summed E-state index contributed by atoms with van der Waals surface area (Å²) in [4.78, 5) is 0. The van der Waals surface area contributed by atoms with E-state index in [2.05, 4.69) is 10.6 Å². The summed E-state index contributed by atoms with van der Waals surface area (Å²) in [6, 6.07) is 17.3. The fraction of sp³-hybridized carbons (Fsp3) is 0.0714. The van der Waals surface area contributed by atoms with E-state index in [0.29, 0.717) is 12.1 Å². The molecule has 0 aromatic heterocycles. The third kappa shape index (κ3) is 6.91. The molecule has 7 nitrogen and oxygen atoms in total. The van der Waals surface area contributed by atoms with Crippen molar-refractivity contribution in [3.8, 4) is 46.9 Å². The molecule has 0 amide bonds. The average Bonchev–Trinajstić information content (AvgIpc) is 2.91. The molecule has 4 aromatic rings. The summed E-state index contributed by atoms with van der Waals surface area (Å²) in [5, 5.41) is 21.7. The van der Waals surface area contributed by atoms with Gasteiger partial charge in [-0.2, -0.15) is 36.9 Å². The number of hydrogen-bond acceptors (Lipinski definition) is 7. The van der Waals surface area contributed by atoms with E-state index in [0.717, 1.165) is 12.1 Å². The minimum Gasteiger partial charge on any atom is -0.453 e. The van der Waals surface area contributed by atoms with Crippen LogP contribution in [0, 0.1) is 22.9 Å². The lowest BCUT2D eigenvalue weighted by molar-refractivity contribution is -0.139. The summed E-state index contributed by atoms with van der Waals surface area (Å²) < 4.78 is 99.3. The zero-order chi connectivity index (χ0) is 29.6. The van der Waals surface area contributed by atoms with E-state index in [-0.39, 0.29) is 34.4 Å². The van der Waals surface area contributed by atoms with Crippen LogP contribution in [-0.4, -0.2) is 0 Å². The highest BCUT2D eigenvalue weighted by atomic mass is 19.4. The first-order valence-corrected chi connectivity index (χ1v) is 11.4. The van der Waals surface area contributed by atoms with Crippen molar-refractivity contribution in [3.63, 3.8) is 0 Å². The molecule has 208 valence electrons. The van der Waals surface area contributed by atoms with Crippen LogP contribution in [0.3, 0.4) is 0 Å². The highest BCUT2D eigenvalue weighted by molar-refractivity contribution is 5.58. The number of anilines is 2. The van der Waals surface area contributed by atoms with Crippen molar-refractivity contribution in [3.05, 3.63) is 96.1 Å². The molecule has 4 aromatic carbocycles. The van der Waals surface area contributed by atoms with Crippen molar-refractivity contribution in [1.82, 2.24) is 0 Å². The number of para-hydroxylation sites is 4. The summed E-state index contributed by atoms with van der Waals surface area (Å²) in [6.07, 6.45) is -6.57. The molecule has 0 aliphatic rings. The minimum atomic E-state index is -4.83. The summed E-state index contributed by atoms with van der Waals surface area (Å²) in [5.41, 5.74) is -2.52. The van der Waals surface area contributed by atoms with Gasteiger partial charge in [0.05, 0.1) is 0 Å². The molecule has 2 N–H and O–H groups in total. The van der Waals surface area contributed by atoms with Crippen LogP contribution in [0.2, 0.25) is 0 Å². The Morgan fingerprint density at radius 2 is 0.805 bits per heavy atom. The van der Waals surface area contributed by atoms with Crippen molar-refractivity contribution in [2.24, 2.45) is 0 Å². The van der Waals surface area contributed by atoms with Crippen LogP contribution in [0.1, 0.15) is 11.1 Å². The van der Waals surface area contributed by atoms with E-state index in [4.69, 9.17) is 24.7 Å². The van der Waals surface area contributed by atoms with Crippen molar-refractivity contribution < 1.29 is 40.6 Å². The Morgan fingerprint density at radius 3 is 1.10 bits per heavy atom. The van der Waals surface area contributed by atoms with Crippen LogP contribution in [0.15, 0.2) is 84.9 Å². The summed E-state index contributed by atoms with van der Waals surface area (Å²) in [6.45, 7) is 0. The first-order chi connectivity index (χ1) is 19.5. The standard InChI is InChI=1S/C28H16F6N4O3/c29-27(30,31)19-13-17(37-15-35)9-11-21(19)39-23-5-1-3-7-25(23)41-26-8-4-2-6-24(26)40-22-12-10-18(38-16-36)14-20(22)28(32,33)34/h1-14,37-38H. The third-order valence-corrected chi connectivity index (χ3v) is 5.33. The molecule has 0 fully saturated rings. The molecule has 0 aliphatic heterocycles. The normalized spacial score (nSPS) is 11.1. The Morgan fingerprint density at radius 1 is 0.488 bits per heavy atom. The Bertz CT molecular complexity index is 1520. The lowest BCUT2D eigenvalue weighted by atomic mass is 10.1. The van der Waals surface area contributed by atoms with Crippen molar-refractivity contribution >= 4 is 11.4 Å². The second-order valence-electron chi connectivity index (χ2n) is 8.09. The van der Waals surface area contributed by atoms with Crippen LogP contribution in [0.5, 0.6) is 34.5 Å². The van der Waals surface area contributed by atoms with E-state index in [1.165, 1.54) is 60.7 Å². The van der Waals surface area contributed by atoms with Gasteiger partial charge in [-0.1, -0.05) is 24.3 Å². The Balaban J connectivity index is 1.67. The molecule has 0 atom stereocenters. The molecule has 0 saturated heterocycles. The highest BCUT2D eigenvalue weighted by Gasteiger charge is 2.36. The second kappa shape index (κ2) is 11.7. The maximum atomic E-state index is 13.7. The van der Waals surface area contributed by atoms with Gasteiger partial charge in [-0.05, 0) is 60.7 Å². The van der Waals surface area contributed by atoms with Gasteiger partial charge >= 0.3 is 12.4 Å². The number of nitriles is 2. The van der Waals surface area contributed by atoms with Gasteiger partial charge in [0.2, 0.25) is 0 Å². The molecule has 0 saturated carbocycles. The topological polar surface area (TPSA) is 99.3 Å². The van der Waals surface area contributed by atoms with Crippen molar-refractivity contribution in [1.29, 1.82) is 10.5 Å². The maximum absolute atomic E-state index is 13.7. The molecule has 0 heterocycles. The SMILES string of the molecule is N#CNc1ccc(Oc2ccccc2Oc2ccccc2Oc2ccc(NC#N)cc2C(F)(F)F)c(C(F)(F)F)c1. The summed E-state index contributed by atoms with van der Waals surface area (Å²) in [5.74, 6) is -1.58. The lowest BCUT2D eigenvalue weighted by Gasteiger charge is -2.19. The molecule has 13 heteroatoms. The summed E-state index contributed by atoms with van der Waals surface area (Å²) in [7, 11) is 0. The number of halogens is 6. The zero-order valence-corrected chi connectivity index (χ0v) is 20.5. The molecule has 0 radical (unpaired) electrons. The van der Waals surface area contributed by atoms with E-state index < -0.39 is 35.0 Å². The van der Waals surface area contributed by atoms with Crippen LogP contribution in [0.25, 0.3) is 0 Å². The largest absolute Gasteiger partial charge is 0.453 e. The number of alkyl halides is 6. The minimum absolute atomic E-state index is 0.0690. The molecular formula is C28H16F6N4O3. The number of benzene rings is 4. The number of ether oxygens (including phenoxy) is 3. The molecule has 41 heavy (non-hydrogen) atoms. The quantitative estimate of drug-likeness (QED) is 0.124. The molecular weight excluding hydrogens is 554 g/mol. The van der Waals surface area contributed by atoms with E-state index in [9.17, 15) is 26.3 Å². The first-order valence-electron chi connectivity index (χ1n) is 11.4. The third-order valence-electron chi connectivity index (χ3n) is 5.33. The predicted molar refractivity (Wildman–Crippen MR) is 134 cm³/mol. The van der Waals surface area contributed by atoms with Crippen molar-refractivity contribution in [2.45, 2.75) is 12.4 Å². The van der Waals surface area contributed by atoms with Gasteiger partial charge in [-0.15, -0.1) is 0 Å². The zero-order valence-electron chi connectivity index (χ0n) is 20.5. The van der Waals surface area contributed by atoms with Crippen LogP contribution in [0.4, 0.5) is 37.7 Å². The Hall–Kier alpha value is -5.56. The van der Waals surface area contributed by atoms with Gasteiger partial charge in [0.25, 0.3) is 0 Å². The smallest absolute Gasteiger partial charge is 0.420 e. The molecule has 0 spiro atoms. The average molecular weight is 570 g/mol. The second-order valence-corrected chi connectivity index (χ2v) is 8.09. The van der Waals surface area contributed by atoms with E-state index >= 15 is 0 Å². The van der Waals surface area contributed by atoms with Crippen LogP contribution >= 0.6 is 0 Å². The fourth-order valence-corrected chi connectivity index (χ4v) is 3.56. The lowest BCUT2D eigenvalue weighted by Crippen LogP contribution is -2.08. The number of rotatable bonds is 8. The van der Waals surface area contributed by atoms with Gasteiger partial charge in [-0.25, -0.2) is 0 Å². The molecule has 0 aliphatic carbocycles. The number of nitrogens with zero attached hydrogens (tertiary/aromatic N) is 2. The van der Waals surface area contributed by atoms with E-state index in [1.54, 1.807) is 12.4 Å². The van der Waals surface area contributed by atoms with Gasteiger partial charge in [0.15, 0.2) is 35.4 Å². The fourth-order valence-electron chi connectivity index (χ4n) is 3.56. The van der Waals surface area contributed by atoms with Gasteiger partial charge in [0, 0.05) is 11.4 Å². The molecule has 4 rings (SSSR count). The Kier molecular flexibility index (Phi) is 8.10. The van der Waals surface area contributed by atoms with Crippen LogP contribution in [-0.2, 0) is 12.4 Å². The molecule has 0 unspecified atom stereocenters. The summed E-state index contributed by atoms with van der Waals surface area (Å²) >= 11 is 0. The number of hydrogen-bond donors (Lipinski definition) is 2. The molecule has 0 bridgehead atoms. The number of nitrogens with one attached hydrogen (secondary N) is 2. The van der Waals surface area contributed by atoms with E-state index in [1.807, 2.05) is 0 Å². The van der Waals surface area contributed by atoms with Gasteiger partial charge < -0.3 is 14.2 Å². The maximum Gasteiger partial charge on any atom is 0.420 e. The Labute approximate surface area is 228 Å². The van der Waals surface area contributed by atoms with Crippen LogP contribution < -0.4 is 24.8 Å². The monoisotopic (exact) mass is 570 g/mol. The van der Waals surface area contributed by atoms with Gasteiger partial charge in [0.1, 0.15) is 22.6 Å².